The van der Waals surface area contributed by atoms with Gasteiger partial charge in [0.1, 0.15) is 11.5 Å². The van der Waals surface area contributed by atoms with Gasteiger partial charge < -0.3 is 14.1 Å². The van der Waals surface area contributed by atoms with Crippen LogP contribution in [0.3, 0.4) is 0 Å². The minimum Gasteiger partial charge on any atom is -0.484 e. The number of carbonyl (C=O) groups excluding carboxylic acids is 1. The fourth-order valence-electron chi connectivity index (χ4n) is 2.82. The molecule has 7 nitrogen and oxygen atoms in total. The number of hydrogen-bond donors (Lipinski definition) is 0. The summed E-state index contributed by atoms with van der Waals surface area (Å²) >= 11 is 0. The van der Waals surface area contributed by atoms with Crippen molar-refractivity contribution < 1.29 is 18.9 Å². The molecule has 1 heterocycles. The first-order valence-corrected chi connectivity index (χ1v) is 9.30. The first-order chi connectivity index (χ1) is 14.0. The van der Waals surface area contributed by atoms with Crippen molar-refractivity contribution in [2.45, 2.75) is 26.4 Å². The second-order valence-electron chi connectivity index (χ2n) is 6.54. The van der Waals surface area contributed by atoms with E-state index in [1.807, 2.05) is 18.2 Å². The normalized spacial score (nSPS) is 10.5. The van der Waals surface area contributed by atoms with Crippen LogP contribution in [0.5, 0.6) is 5.75 Å². The summed E-state index contributed by atoms with van der Waals surface area (Å²) in [6, 6.07) is 17.4. The molecule has 0 spiro atoms. The largest absolute Gasteiger partial charge is 0.484 e. The fourth-order valence-corrected chi connectivity index (χ4v) is 2.82. The highest BCUT2D eigenvalue weighted by Crippen LogP contribution is 2.18. The van der Waals surface area contributed by atoms with E-state index < -0.39 is 4.92 Å². The van der Waals surface area contributed by atoms with Crippen LogP contribution in [0.15, 0.2) is 71.3 Å². The molecule has 0 aliphatic rings. The molecule has 0 saturated heterocycles. The van der Waals surface area contributed by atoms with Crippen molar-refractivity contribution in [3.05, 3.63) is 93.9 Å². The fraction of sp³-hybridized carbons (Fsp3) is 0.227. The predicted molar refractivity (Wildman–Crippen MR) is 107 cm³/mol. The number of nitro groups is 1. The molecule has 7 heteroatoms. The Kier molecular flexibility index (Phi) is 6.63. The maximum atomic E-state index is 12.8. The van der Waals surface area contributed by atoms with E-state index >= 15 is 0 Å². The van der Waals surface area contributed by atoms with Crippen LogP contribution in [-0.4, -0.2) is 22.3 Å². The Labute approximate surface area is 168 Å². The van der Waals surface area contributed by atoms with E-state index in [0.29, 0.717) is 24.6 Å². The first-order valence-electron chi connectivity index (χ1n) is 9.30. The second-order valence-corrected chi connectivity index (χ2v) is 6.54. The van der Waals surface area contributed by atoms with Gasteiger partial charge in [-0.2, -0.15) is 0 Å². The SMILES string of the molecule is CCc1ccc(CN(Cc2ccco2)C(=O)COc2ccc([N+](=O)[O-])cc2)cc1. The number of furan rings is 1. The molecule has 3 rings (SSSR count). The van der Waals surface area contributed by atoms with Gasteiger partial charge in [0, 0.05) is 18.7 Å². The summed E-state index contributed by atoms with van der Waals surface area (Å²) in [5.74, 6) is 0.868. The third-order valence-corrected chi connectivity index (χ3v) is 4.49. The van der Waals surface area contributed by atoms with Gasteiger partial charge >= 0.3 is 0 Å². The van der Waals surface area contributed by atoms with Crippen LogP contribution in [0.2, 0.25) is 0 Å². The molecule has 0 N–H and O–H groups in total. The highest BCUT2D eigenvalue weighted by atomic mass is 16.6. The summed E-state index contributed by atoms with van der Waals surface area (Å²) in [5, 5.41) is 10.7. The third-order valence-electron chi connectivity index (χ3n) is 4.49. The standard InChI is InChI=1S/C22H22N2O5/c1-2-17-5-7-18(8-6-17)14-23(15-21-4-3-13-28-21)22(25)16-29-20-11-9-19(10-12-20)24(26)27/h3-13H,2,14-16H2,1H3. The molecule has 0 unspecified atom stereocenters. The van der Waals surface area contributed by atoms with E-state index in [1.54, 1.807) is 17.2 Å². The van der Waals surface area contributed by atoms with Gasteiger partial charge in [0.2, 0.25) is 0 Å². The zero-order chi connectivity index (χ0) is 20.6. The molecule has 29 heavy (non-hydrogen) atoms. The van der Waals surface area contributed by atoms with Gasteiger partial charge in [0.15, 0.2) is 6.61 Å². The zero-order valence-electron chi connectivity index (χ0n) is 16.1. The number of hydrogen-bond acceptors (Lipinski definition) is 5. The van der Waals surface area contributed by atoms with Crippen LogP contribution in [0.1, 0.15) is 23.8 Å². The summed E-state index contributed by atoms with van der Waals surface area (Å²) in [4.78, 5) is 24.7. The van der Waals surface area contributed by atoms with E-state index in [2.05, 4.69) is 19.1 Å². The minimum absolute atomic E-state index is 0.0290. The van der Waals surface area contributed by atoms with Crippen molar-refractivity contribution in [2.24, 2.45) is 0 Å². The summed E-state index contributed by atoms with van der Waals surface area (Å²) in [5.41, 5.74) is 2.22. The molecular formula is C22H22N2O5. The Balaban J connectivity index is 1.66. The average Bonchev–Trinajstić information content (AvgIpc) is 3.25. The highest BCUT2D eigenvalue weighted by molar-refractivity contribution is 5.77. The van der Waals surface area contributed by atoms with Crippen molar-refractivity contribution in [2.75, 3.05) is 6.61 Å². The van der Waals surface area contributed by atoms with Crippen LogP contribution in [0.25, 0.3) is 0 Å². The van der Waals surface area contributed by atoms with Crippen LogP contribution in [-0.2, 0) is 24.3 Å². The summed E-state index contributed by atoms with van der Waals surface area (Å²) in [6.45, 7) is 2.67. The molecule has 0 fully saturated rings. The summed E-state index contributed by atoms with van der Waals surface area (Å²) < 4.78 is 10.9. The van der Waals surface area contributed by atoms with Gasteiger partial charge in [0.05, 0.1) is 17.7 Å². The monoisotopic (exact) mass is 394 g/mol. The van der Waals surface area contributed by atoms with Gasteiger partial charge in [0.25, 0.3) is 11.6 Å². The Morgan fingerprint density at radius 2 is 1.72 bits per heavy atom. The maximum absolute atomic E-state index is 12.8. The molecule has 3 aromatic rings. The number of aryl methyl sites for hydroxylation is 1. The maximum Gasteiger partial charge on any atom is 0.269 e. The van der Waals surface area contributed by atoms with Crippen LogP contribution in [0.4, 0.5) is 5.69 Å². The predicted octanol–water partition coefficient (Wildman–Crippen LogP) is 4.36. The van der Waals surface area contributed by atoms with Crippen LogP contribution >= 0.6 is 0 Å². The molecule has 150 valence electrons. The topological polar surface area (TPSA) is 85.8 Å². The van der Waals surface area contributed by atoms with Crippen molar-refractivity contribution >= 4 is 11.6 Å². The molecule has 0 saturated carbocycles. The number of carbonyl (C=O) groups is 1. The average molecular weight is 394 g/mol. The van der Waals surface area contributed by atoms with E-state index in [1.165, 1.54) is 29.8 Å². The van der Waals surface area contributed by atoms with Gasteiger partial charge in [-0.3, -0.25) is 14.9 Å². The summed E-state index contributed by atoms with van der Waals surface area (Å²) in [7, 11) is 0. The van der Waals surface area contributed by atoms with Crippen molar-refractivity contribution in [3.8, 4) is 5.75 Å². The quantitative estimate of drug-likeness (QED) is 0.398. The van der Waals surface area contributed by atoms with Crippen LogP contribution < -0.4 is 4.74 Å². The Morgan fingerprint density at radius 3 is 2.31 bits per heavy atom. The lowest BCUT2D eigenvalue weighted by Gasteiger charge is -2.22. The minimum atomic E-state index is -0.482. The van der Waals surface area contributed by atoms with Crippen molar-refractivity contribution in [3.63, 3.8) is 0 Å². The zero-order valence-corrected chi connectivity index (χ0v) is 16.1. The number of benzene rings is 2. The molecule has 0 atom stereocenters. The lowest BCUT2D eigenvalue weighted by Crippen LogP contribution is -2.34. The number of rotatable bonds is 9. The molecule has 0 aliphatic heterocycles. The Bertz CT molecular complexity index is 934. The van der Waals surface area contributed by atoms with Crippen molar-refractivity contribution in [1.29, 1.82) is 0 Å². The van der Waals surface area contributed by atoms with E-state index in [9.17, 15) is 14.9 Å². The molecule has 1 amide bonds. The molecule has 1 aromatic heterocycles. The molecule has 0 radical (unpaired) electrons. The highest BCUT2D eigenvalue weighted by Gasteiger charge is 2.17. The third kappa shape index (κ3) is 5.68. The molecular weight excluding hydrogens is 372 g/mol. The first kappa shape index (κ1) is 20.1. The van der Waals surface area contributed by atoms with Crippen LogP contribution in [0, 0.1) is 10.1 Å². The number of nitrogens with zero attached hydrogens (tertiary/aromatic N) is 2. The number of nitro benzene ring substituents is 1. The molecule has 0 aliphatic carbocycles. The summed E-state index contributed by atoms with van der Waals surface area (Å²) in [6.07, 6.45) is 2.53. The lowest BCUT2D eigenvalue weighted by molar-refractivity contribution is -0.384. The van der Waals surface area contributed by atoms with Crippen molar-refractivity contribution in [1.82, 2.24) is 4.90 Å². The van der Waals surface area contributed by atoms with Gasteiger partial charge in [-0.05, 0) is 41.8 Å². The van der Waals surface area contributed by atoms with Gasteiger partial charge in [-0.25, -0.2) is 0 Å². The van der Waals surface area contributed by atoms with E-state index in [4.69, 9.17) is 9.15 Å². The lowest BCUT2D eigenvalue weighted by atomic mass is 10.1. The Morgan fingerprint density at radius 1 is 1.03 bits per heavy atom. The Hall–Kier alpha value is -3.61. The molecule has 0 bridgehead atoms. The number of ether oxygens (including phenoxy) is 1. The smallest absolute Gasteiger partial charge is 0.269 e. The second kappa shape index (κ2) is 9.54. The van der Waals surface area contributed by atoms with Gasteiger partial charge in [-0.1, -0.05) is 31.2 Å². The molecule has 2 aromatic carbocycles. The number of amides is 1. The number of non-ortho nitro benzene ring substituents is 1. The van der Waals surface area contributed by atoms with E-state index in [-0.39, 0.29) is 18.2 Å². The van der Waals surface area contributed by atoms with Gasteiger partial charge in [-0.15, -0.1) is 0 Å². The van der Waals surface area contributed by atoms with E-state index in [0.717, 1.165) is 12.0 Å².